The minimum atomic E-state index is -1.95. The largest absolute Gasteiger partial charge is 0.514 e. The normalized spacial score (nSPS) is 29.9. The molecule has 1 aromatic rings. The minimum Gasteiger partial charge on any atom is -0.493 e. The van der Waals surface area contributed by atoms with Gasteiger partial charge in [-0.3, -0.25) is 14.4 Å². The Labute approximate surface area is 355 Å². The number of allylic oxidation sites excluding steroid dienone is 4. The molecule has 0 heterocycles. The number of ether oxygens (including phenoxy) is 5. The van der Waals surface area contributed by atoms with E-state index in [1.54, 1.807) is 26.0 Å². The molecule has 0 bridgehead atoms. The Morgan fingerprint density at radius 2 is 1.67 bits per heavy atom. The van der Waals surface area contributed by atoms with Crippen LogP contribution in [-0.4, -0.2) is 95.1 Å². The van der Waals surface area contributed by atoms with E-state index in [1.807, 2.05) is 6.92 Å². The van der Waals surface area contributed by atoms with Crippen LogP contribution in [0.25, 0.3) is 6.08 Å². The van der Waals surface area contributed by atoms with Crippen LogP contribution in [0.2, 0.25) is 0 Å². The molecular weight excluding hydrogens is 828 g/mol. The highest BCUT2D eigenvalue weighted by Gasteiger charge is 2.76. The molecule has 0 spiro atoms. The van der Waals surface area contributed by atoms with E-state index in [0.29, 0.717) is 37.7 Å². The van der Waals surface area contributed by atoms with Gasteiger partial charge >= 0.3 is 18.1 Å². The molecule has 0 saturated heterocycles. The van der Waals surface area contributed by atoms with Crippen molar-refractivity contribution in [2.75, 3.05) is 33.5 Å². The average Bonchev–Trinajstić information content (AvgIpc) is 3.42. The molecule has 0 aromatic heterocycles. The first-order valence-corrected chi connectivity index (χ1v) is 20.2. The zero-order valence-corrected chi connectivity index (χ0v) is 34.9. The third-order valence-electron chi connectivity index (χ3n) is 12.7. The van der Waals surface area contributed by atoms with Gasteiger partial charge in [0.2, 0.25) is 5.78 Å². The van der Waals surface area contributed by atoms with Gasteiger partial charge in [-0.25, -0.2) is 9.59 Å². The number of rotatable bonds is 19. The lowest BCUT2D eigenvalue weighted by Crippen LogP contribution is -2.69. The van der Waals surface area contributed by atoms with Crippen molar-refractivity contribution in [1.82, 2.24) is 0 Å². The lowest BCUT2D eigenvalue weighted by Gasteiger charge is -2.64. The van der Waals surface area contributed by atoms with Crippen molar-refractivity contribution in [3.8, 4) is 11.5 Å². The first-order valence-electron chi connectivity index (χ1n) is 19.8. The lowest BCUT2D eigenvalue weighted by atomic mass is 9.45. The zero-order valence-electron chi connectivity index (χ0n) is 34.2. The Kier molecular flexibility index (Phi) is 14.5. The molecule has 4 aliphatic rings. The lowest BCUT2D eigenvalue weighted by molar-refractivity contribution is -0.757. The number of halogens is 1. The van der Waals surface area contributed by atoms with Gasteiger partial charge in [-0.2, -0.15) is 0 Å². The van der Waals surface area contributed by atoms with Gasteiger partial charge in [0.15, 0.2) is 29.5 Å². The maximum Gasteiger partial charge on any atom is 0.514 e. The van der Waals surface area contributed by atoms with E-state index >= 15 is 0 Å². The number of alkyl halides is 1. The number of unbranched alkanes of at least 4 members (excludes halogenated alkanes) is 1. The van der Waals surface area contributed by atoms with Crippen LogP contribution in [0.3, 0.4) is 0 Å². The van der Waals surface area contributed by atoms with Crippen molar-refractivity contribution < 1.29 is 72.6 Å². The number of carbonyl (C=O) groups excluding carboxylic acids is 5. The number of carbonyl (C=O) groups is 5. The molecule has 0 aliphatic heterocycles. The summed E-state index contributed by atoms with van der Waals surface area (Å²) in [6, 6.07) is 4.32. The van der Waals surface area contributed by atoms with E-state index in [-0.39, 0.29) is 49.8 Å². The summed E-state index contributed by atoms with van der Waals surface area (Å²) in [6.07, 6.45) is 6.20. The summed E-state index contributed by atoms with van der Waals surface area (Å²) in [5.41, 5.74) is -2.84. The maximum absolute atomic E-state index is 14.7. The van der Waals surface area contributed by atoms with Crippen LogP contribution >= 0.6 is 11.6 Å². The van der Waals surface area contributed by atoms with Crippen LogP contribution in [0.4, 0.5) is 4.79 Å². The van der Waals surface area contributed by atoms with Crippen molar-refractivity contribution >= 4 is 47.3 Å². The van der Waals surface area contributed by atoms with Crippen LogP contribution in [0.1, 0.15) is 77.7 Å². The molecule has 5 rings (SSSR count). The molecule has 0 amide bonds. The molecule has 332 valence electrons. The number of Topliss-reactive ketones (excluding diaryl/α,β-unsaturated/α-hetero) is 1. The number of aliphatic hydroxyl groups is 1. The quantitative estimate of drug-likeness (QED) is 0.0264. The molecule has 3 fully saturated rings. The van der Waals surface area contributed by atoms with Gasteiger partial charge in [0, 0.05) is 29.2 Å². The third kappa shape index (κ3) is 9.36. The first-order chi connectivity index (χ1) is 28.8. The van der Waals surface area contributed by atoms with Crippen LogP contribution in [0.5, 0.6) is 11.5 Å². The fourth-order valence-corrected chi connectivity index (χ4v) is 10.5. The van der Waals surface area contributed by atoms with Gasteiger partial charge in [-0.1, -0.05) is 38.5 Å². The summed E-state index contributed by atoms with van der Waals surface area (Å²) in [5, 5.41) is 31.1. The molecular formula is C41H49ClN2O17. The summed E-state index contributed by atoms with van der Waals surface area (Å²) in [6.45, 7) is 3.98. The summed E-state index contributed by atoms with van der Waals surface area (Å²) in [7, 11) is 1.31. The van der Waals surface area contributed by atoms with E-state index in [1.165, 1.54) is 37.5 Å². The van der Waals surface area contributed by atoms with Crippen molar-refractivity contribution in [2.24, 2.45) is 28.6 Å². The number of hydrogen-bond acceptors (Lipinski definition) is 17. The molecule has 4 aliphatic carbocycles. The number of fused-ring (bicyclic) bond motifs is 5. The van der Waals surface area contributed by atoms with E-state index in [9.17, 15) is 49.3 Å². The first kappa shape index (κ1) is 46.5. The van der Waals surface area contributed by atoms with Crippen molar-refractivity contribution in [3.05, 3.63) is 73.9 Å². The number of hydrogen-bond donors (Lipinski definition) is 1. The summed E-state index contributed by atoms with van der Waals surface area (Å²) in [5.74, 6) is -3.99. The predicted molar refractivity (Wildman–Crippen MR) is 211 cm³/mol. The van der Waals surface area contributed by atoms with Gasteiger partial charge in [0.25, 0.3) is 10.2 Å². The highest BCUT2D eigenvalue weighted by Crippen LogP contribution is 2.72. The number of methoxy groups -OCH3 is 1. The zero-order chi connectivity index (χ0) is 44.8. The Morgan fingerprint density at radius 1 is 0.984 bits per heavy atom. The van der Waals surface area contributed by atoms with E-state index in [4.69, 9.17) is 35.3 Å². The van der Waals surface area contributed by atoms with Gasteiger partial charge < -0.3 is 38.5 Å². The van der Waals surface area contributed by atoms with E-state index in [0.717, 1.165) is 11.6 Å². The topological polar surface area (TPSA) is 256 Å². The molecule has 8 atom stereocenters. The fraction of sp³-hybridized carbons (Fsp3) is 0.585. The predicted octanol–water partition coefficient (Wildman–Crippen LogP) is 5.48. The smallest absolute Gasteiger partial charge is 0.493 e. The number of esters is 2. The third-order valence-corrected chi connectivity index (χ3v) is 13.6. The second-order valence-electron chi connectivity index (χ2n) is 16.0. The fourth-order valence-electron chi connectivity index (χ4n) is 9.94. The molecule has 1 aromatic carbocycles. The summed E-state index contributed by atoms with van der Waals surface area (Å²) < 4.78 is 27.3. The van der Waals surface area contributed by atoms with Crippen molar-refractivity contribution in [3.63, 3.8) is 0 Å². The number of nitrogens with zero attached hydrogens (tertiary/aromatic N) is 2. The van der Waals surface area contributed by atoms with Gasteiger partial charge in [-0.05, 0) is 92.7 Å². The van der Waals surface area contributed by atoms with E-state index < -0.39 is 92.4 Å². The standard InChI is InChI=1S/C41H49ClN2O17/c1-25-20-30-29-12-11-27-22-28(45)15-16-38(27,2)40(29,42)33(46)23-39(30,3)41(25,61-36(49)8-7-19-59-44(53)54)34(47)24-57-37(50)60-31-13-9-26(21-32(31)55-4)10-14-35(48)56-17-5-6-18-58-43(51)52/h9-10,13-16,21-22,25,29-30,33,46H,5-8,11-12,17-20,23-24H2,1-4H3/b14-10+/t25-,29?,30?,33-,38-,39-,40-,41-/m0/s1. The number of ketones is 2. The van der Waals surface area contributed by atoms with Gasteiger partial charge in [0.1, 0.15) is 0 Å². The molecule has 3 saturated carbocycles. The van der Waals surface area contributed by atoms with Crippen LogP contribution in [0.15, 0.2) is 48.1 Å². The van der Waals surface area contributed by atoms with Crippen molar-refractivity contribution in [1.29, 1.82) is 0 Å². The molecule has 61 heavy (non-hydrogen) atoms. The molecule has 1 N–H and O–H groups in total. The highest BCUT2D eigenvalue weighted by molar-refractivity contribution is 6.26. The second kappa shape index (κ2) is 19.0. The molecule has 19 nitrogen and oxygen atoms in total. The van der Waals surface area contributed by atoms with Gasteiger partial charge in [-0.15, -0.1) is 31.8 Å². The number of aliphatic hydroxyl groups excluding tert-OH is 1. The number of benzene rings is 1. The summed E-state index contributed by atoms with van der Waals surface area (Å²) in [4.78, 5) is 93.9. The molecule has 20 heteroatoms. The Bertz CT molecular complexity index is 2000. The Balaban J connectivity index is 1.31. The van der Waals surface area contributed by atoms with Crippen LogP contribution in [0, 0.1) is 48.8 Å². The Hall–Kier alpha value is -5.56. The second-order valence-corrected chi connectivity index (χ2v) is 16.6. The maximum atomic E-state index is 14.7. The molecule has 0 radical (unpaired) electrons. The Morgan fingerprint density at radius 3 is 2.36 bits per heavy atom. The van der Waals surface area contributed by atoms with Gasteiger partial charge in [0.05, 0.1) is 37.9 Å². The van der Waals surface area contributed by atoms with E-state index in [2.05, 4.69) is 9.68 Å². The van der Waals surface area contributed by atoms with Crippen LogP contribution < -0.4 is 9.47 Å². The summed E-state index contributed by atoms with van der Waals surface area (Å²) >= 11 is 7.58. The minimum absolute atomic E-state index is 0.0191. The SMILES string of the molecule is COc1cc(/C=C/C(=O)OCCCCO[N+](=O)[O-])ccc1OC(=O)OCC(=O)[C@@]1(OC(=O)CCCO[N+](=O)[O-])[C@@H](C)CC2C3CCC4=CC(=O)C=C[C@]4(C)[C@@]3(Cl)[C@@H](O)C[C@@]21C. The highest BCUT2D eigenvalue weighted by atomic mass is 35.5. The molecule has 2 unspecified atom stereocenters. The average molecular weight is 877 g/mol. The monoisotopic (exact) mass is 876 g/mol. The van der Waals surface area contributed by atoms with Crippen molar-refractivity contribution in [2.45, 2.75) is 88.7 Å². The van der Waals surface area contributed by atoms with Crippen LogP contribution in [-0.2, 0) is 43.1 Å².